The van der Waals surface area contributed by atoms with Gasteiger partial charge in [0.2, 0.25) is 0 Å². The Labute approximate surface area is 114 Å². The van der Waals surface area contributed by atoms with E-state index in [1.807, 2.05) is 0 Å². The first kappa shape index (κ1) is 14.0. The van der Waals surface area contributed by atoms with E-state index in [0.29, 0.717) is 17.8 Å². The molecule has 0 aliphatic carbocycles. The molecule has 0 bridgehead atoms. The molecule has 0 radical (unpaired) electrons. The number of rotatable bonds is 4. The number of anilines is 2. The van der Waals surface area contributed by atoms with Crippen molar-refractivity contribution >= 4 is 11.6 Å². The van der Waals surface area contributed by atoms with Crippen LogP contribution in [-0.2, 0) is 4.74 Å². The van der Waals surface area contributed by atoms with Gasteiger partial charge < -0.3 is 15.1 Å². The lowest BCUT2D eigenvalue weighted by Crippen LogP contribution is -2.38. The zero-order chi connectivity index (χ0) is 14.0. The van der Waals surface area contributed by atoms with Crippen LogP contribution in [0.3, 0.4) is 0 Å². The Morgan fingerprint density at radius 2 is 2.21 bits per heavy atom. The standard InChI is InChI=1S/C13H23N5O/c1-8(2)11-12(17-14)15-7-16-13(11)18(4)10-5-6-19-9(10)3/h7-10H,5-6,14H2,1-4H3,(H,15,16,17). The van der Waals surface area contributed by atoms with E-state index in [1.54, 1.807) is 6.33 Å². The van der Waals surface area contributed by atoms with Crippen LogP contribution in [0.25, 0.3) is 0 Å². The van der Waals surface area contributed by atoms with Crippen LogP contribution in [0.2, 0.25) is 0 Å². The summed E-state index contributed by atoms with van der Waals surface area (Å²) in [6.07, 6.45) is 2.78. The Morgan fingerprint density at radius 3 is 2.74 bits per heavy atom. The van der Waals surface area contributed by atoms with Crippen molar-refractivity contribution in [2.24, 2.45) is 5.84 Å². The number of hydrazine groups is 1. The lowest BCUT2D eigenvalue weighted by atomic mass is 10.0. The van der Waals surface area contributed by atoms with E-state index in [-0.39, 0.29) is 6.10 Å². The van der Waals surface area contributed by atoms with E-state index in [2.05, 4.69) is 48.1 Å². The fourth-order valence-corrected chi connectivity index (χ4v) is 2.70. The number of hydrogen-bond acceptors (Lipinski definition) is 6. The zero-order valence-electron chi connectivity index (χ0n) is 12.1. The summed E-state index contributed by atoms with van der Waals surface area (Å²) in [5.41, 5.74) is 3.71. The Balaban J connectivity index is 2.38. The number of nitrogens with one attached hydrogen (secondary N) is 1. The summed E-state index contributed by atoms with van der Waals surface area (Å²) in [5.74, 6) is 7.47. The number of ether oxygens (including phenoxy) is 1. The number of nitrogen functional groups attached to an aromatic ring is 1. The van der Waals surface area contributed by atoms with Gasteiger partial charge in [-0.25, -0.2) is 15.8 Å². The summed E-state index contributed by atoms with van der Waals surface area (Å²) in [6, 6.07) is 0.345. The molecule has 0 spiro atoms. The summed E-state index contributed by atoms with van der Waals surface area (Å²) in [7, 11) is 2.06. The van der Waals surface area contributed by atoms with Crippen LogP contribution in [0, 0.1) is 0 Å². The molecule has 0 amide bonds. The van der Waals surface area contributed by atoms with E-state index in [1.165, 1.54) is 0 Å². The van der Waals surface area contributed by atoms with Crippen molar-refractivity contribution in [3.8, 4) is 0 Å². The molecular weight excluding hydrogens is 242 g/mol. The van der Waals surface area contributed by atoms with Gasteiger partial charge in [0.1, 0.15) is 18.0 Å². The highest BCUT2D eigenvalue weighted by Crippen LogP contribution is 2.32. The van der Waals surface area contributed by atoms with Crippen molar-refractivity contribution < 1.29 is 4.74 Å². The molecule has 3 N–H and O–H groups in total. The molecule has 2 unspecified atom stereocenters. The molecule has 1 aliphatic heterocycles. The second kappa shape index (κ2) is 5.71. The lowest BCUT2D eigenvalue weighted by Gasteiger charge is -2.30. The lowest BCUT2D eigenvalue weighted by molar-refractivity contribution is 0.118. The minimum absolute atomic E-state index is 0.217. The van der Waals surface area contributed by atoms with Crippen LogP contribution >= 0.6 is 0 Å². The molecule has 0 aromatic carbocycles. The summed E-state index contributed by atoms with van der Waals surface area (Å²) in [6.45, 7) is 7.14. The highest BCUT2D eigenvalue weighted by atomic mass is 16.5. The van der Waals surface area contributed by atoms with Crippen molar-refractivity contribution in [1.82, 2.24) is 9.97 Å². The first-order valence-electron chi connectivity index (χ1n) is 6.72. The van der Waals surface area contributed by atoms with Gasteiger partial charge in [-0.15, -0.1) is 0 Å². The molecule has 2 atom stereocenters. The average Bonchev–Trinajstić information content (AvgIpc) is 2.83. The Hall–Kier alpha value is -1.40. The fraction of sp³-hybridized carbons (Fsp3) is 0.692. The fourth-order valence-electron chi connectivity index (χ4n) is 2.70. The highest BCUT2D eigenvalue weighted by Gasteiger charge is 2.30. The quantitative estimate of drug-likeness (QED) is 0.634. The molecule has 1 aromatic rings. The van der Waals surface area contributed by atoms with Crippen LogP contribution in [0.4, 0.5) is 11.6 Å². The second-order valence-electron chi connectivity index (χ2n) is 5.30. The van der Waals surface area contributed by atoms with Gasteiger partial charge in [-0.1, -0.05) is 13.8 Å². The molecule has 1 aromatic heterocycles. The first-order valence-corrected chi connectivity index (χ1v) is 6.72. The SMILES string of the molecule is CC(C)c1c(NN)ncnc1N(C)C1CCOC1C. The van der Waals surface area contributed by atoms with Gasteiger partial charge in [0.15, 0.2) is 0 Å². The molecule has 106 valence electrons. The monoisotopic (exact) mass is 265 g/mol. The number of nitrogens with zero attached hydrogens (tertiary/aromatic N) is 3. The van der Waals surface area contributed by atoms with Gasteiger partial charge in [0.05, 0.1) is 12.1 Å². The molecule has 1 aliphatic rings. The highest BCUT2D eigenvalue weighted by molar-refractivity contribution is 5.60. The minimum Gasteiger partial charge on any atom is -0.376 e. The maximum absolute atomic E-state index is 5.64. The molecule has 2 heterocycles. The average molecular weight is 265 g/mol. The van der Waals surface area contributed by atoms with Crippen LogP contribution in [0.15, 0.2) is 6.33 Å². The van der Waals surface area contributed by atoms with Gasteiger partial charge in [-0.05, 0) is 19.3 Å². The van der Waals surface area contributed by atoms with Gasteiger partial charge in [-0.3, -0.25) is 0 Å². The molecule has 1 saturated heterocycles. The van der Waals surface area contributed by atoms with E-state index in [4.69, 9.17) is 10.6 Å². The van der Waals surface area contributed by atoms with E-state index in [0.717, 1.165) is 24.4 Å². The van der Waals surface area contributed by atoms with Crippen LogP contribution in [0.1, 0.15) is 38.7 Å². The van der Waals surface area contributed by atoms with Crippen molar-refractivity contribution in [2.75, 3.05) is 24.0 Å². The molecule has 2 rings (SSSR count). The van der Waals surface area contributed by atoms with E-state index >= 15 is 0 Å². The third-order valence-electron chi connectivity index (χ3n) is 3.74. The van der Waals surface area contributed by atoms with Crippen LogP contribution in [0.5, 0.6) is 0 Å². The number of likely N-dealkylation sites (N-methyl/N-ethyl adjacent to an activating group) is 1. The predicted molar refractivity (Wildman–Crippen MR) is 76.2 cm³/mol. The molecule has 19 heavy (non-hydrogen) atoms. The van der Waals surface area contributed by atoms with Gasteiger partial charge in [0.25, 0.3) is 0 Å². The summed E-state index contributed by atoms with van der Waals surface area (Å²) < 4.78 is 5.64. The Bertz CT molecular complexity index is 437. The van der Waals surface area contributed by atoms with Gasteiger partial charge >= 0.3 is 0 Å². The van der Waals surface area contributed by atoms with Gasteiger partial charge in [-0.2, -0.15) is 0 Å². The first-order chi connectivity index (χ1) is 9.06. The summed E-state index contributed by atoms with van der Waals surface area (Å²) >= 11 is 0. The number of nitrogens with two attached hydrogens (primary N) is 1. The smallest absolute Gasteiger partial charge is 0.148 e. The van der Waals surface area contributed by atoms with Crippen LogP contribution < -0.4 is 16.2 Å². The van der Waals surface area contributed by atoms with E-state index < -0.39 is 0 Å². The molecular formula is C13H23N5O. The Kier molecular flexibility index (Phi) is 4.21. The maximum atomic E-state index is 5.64. The Morgan fingerprint density at radius 1 is 1.47 bits per heavy atom. The van der Waals surface area contributed by atoms with Crippen molar-refractivity contribution in [3.63, 3.8) is 0 Å². The normalized spacial score (nSPS) is 22.8. The van der Waals surface area contributed by atoms with Crippen molar-refractivity contribution in [3.05, 3.63) is 11.9 Å². The molecule has 6 heteroatoms. The van der Waals surface area contributed by atoms with Gasteiger partial charge in [0, 0.05) is 19.2 Å². The van der Waals surface area contributed by atoms with Crippen LogP contribution in [-0.4, -0.2) is 35.8 Å². The largest absolute Gasteiger partial charge is 0.376 e. The molecule has 0 saturated carbocycles. The van der Waals surface area contributed by atoms with Crippen molar-refractivity contribution in [2.45, 2.75) is 45.3 Å². The predicted octanol–water partition coefficient (Wildman–Crippen LogP) is 1.50. The number of aromatic nitrogens is 2. The minimum atomic E-state index is 0.217. The summed E-state index contributed by atoms with van der Waals surface area (Å²) in [4.78, 5) is 10.8. The molecule has 6 nitrogen and oxygen atoms in total. The van der Waals surface area contributed by atoms with E-state index in [9.17, 15) is 0 Å². The number of hydrogen-bond donors (Lipinski definition) is 2. The van der Waals surface area contributed by atoms with Crippen molar-refractivity contribution in [1.29, 1.82) is 0 Å². The third kappa shape index (κ3) is 2.64. The zero-order valence-corrected chi connectivity index (χ0v) is 12.1. The second-order valence-corrected chi connectivity index (χ2v) is 5.30. The topological polar surface area (TPSA) is 76.3 Å². The maximum Gasteiger partial charge on any atom is 0.148 e. The summed E-state index contributed by atoms with van der Waals surface area (Å²) in [5, 5.41) is 0. The third-order valence-corrected chi connectivity index (χ3v) is 3.74. The molecule has 1 fully saturated rings.